The fourth-order valence-electron chi connectivity index (χ4n) is 4.69. The van der Waals surface area contributed by atoms with Crippen molar-refractivity contribution >= 4 is 33.9 Å². The van der Waals surface area contributed by atoms with Crippen molar-refractivity contribution < 1.29 is 36.7 Å². The van der Waals surface area contributed by atoms with Gasteiger partial charge in [0.05, 0.1) is 18.7 Å². The number of hydrogen-bond donors (Lipinski definition) is 3. The Kier molecular flexibility index (Phi) is 9.16. The Morgan fingerprint density at radius 1 is 1.07 bits per heavy atom. The van der Waals surface area contributed by atoms with E-state index in [9.17, 15) is 28.0 Å². The number of hydrogen-bond acceptors (Lipinski definition) is 7. The molecule has 1 unspecified atom stereocenters. The van der Waals surface area contributed by atoms with Crippen molar-refractivity contribution in [3.05, 3.63) is 42.0 Å². The zero-order valence-electron chi connectivity index (χ0n) is 24.9. The molecule has 12 heteroatoms. The van der Waals surface area contributed by atoms with Gasteiger partial charge in [0.2, 0.25) is 5.91 Å². The molecule has 3 aromatic rings. The van der Waals surface area contributed by atoms with Gasteiger partial charge in [-0.25, -0.2) is 4.79 Å². The lowest BCUT2D eigenvalue weighted by molar-refractivity contribution is -0.161. The van der Waals surface area contributed by atoms with Crippen LogP contribution in [0.3, 0.4) is 0 Å². The number of rotatable bonds is 11. The fraction of sp³-hybridized carbons (Fsp3) is 0.516. The first-order valence-electron chi connectivity index (χ1n) is 14.2. The topological polar surface area (TPSA) is 126 Å². The summed E-state index contributed by atoms with van der Waals surface area (Å²) in [5, 5.41) is 18.3. The van der Waals surface area contributed by atoms with E-state index >= 15 is 0 Å². The minimum absolute atomic E-state index is 0.0725. The van der Waals surface area contributed by atoms with Gasteiger partial charge in [0.25, 0.3) is 0 Å². The van der Waals surface area contributed by atoms with Crippen molar-refractivity contribution in [1.29, 1.82) is 5.26 Å². The monoisotopic (exact) mass is 602 g/mol. The van der Waals surface area contributed by atoms with Crippen molar-refractivity contribution in [3.63, 3.8) is 0 Å². The maximum Gasteiger partial charge on any atom is 0.407 e. The van der Waals surface area contributed by atoms with Crippen LogP contribution in [0, 0.1) is 17.2 Å². The number of amides is 2. The second-order valence-electron chi connectivity index (χ2n) is 12.3. The highest BCUT2D eigenvalue weighted by Gasteiger charge is 2.47. The molecule has 1 saturated carbocycles. The Morgan fingerprint density at radius 2 is 1.79 bits per heavy atom. The lowest BCUT2D eigenvalue weighted by Gasteiger charge is -2.29. The minimum Gasteiger partial charge on any atom is -0.492 e. The highest BCUT2D eigenvalue weighted by molar-refractivity contribution is 6.05. The number of fused-ring (bicyclic) bond motifs is 3. The second kappa shape index (κ2) is 12.3. The molecule has 1 aromatic heterocycles. The number of nitrogens with zero attached hydrogens (tertiary/aromatic N) is 1. The summed E-state index contributed by atoms with van der Waals surface area (Å²) in [6.07, 6.45) is -4.16. The lowest BCUT2D eigenvalue weighted by Crippen LogP contribution is -2.52. The highest BCUT2D eigenvalue weighted by Crippen LogP contribution is 2.38. The molecule has 2 aromatic carbocycles. The van der Waals surface area contributed by atoms with Crippen LogP contribution in [-0.4, -0.2) is 48.5 Å². The average Bonchev–Trinajstić information content (AvgIpc) is 3.58. The summed E-state index contributed by atoms with van der Waals surface area (Å²) in [5.41, 5.74) is -1.00. The quantitative estimate of drug-likeness (QED) is 0.221. The van der Waals surface area contributed by atoms with Crippen molar-refractivity contribution in [2.75, 3.05) is 13.2 Å². The number of halogens is 3. The van der Waals surface area contributed by atoms with Gasteiger partial charge in [0, 0.05) is 10.8 Å². The molecule has 0 bridgehead atoms. The van der Waals surface area contributed by atoms with Gasteiger partial charge in [-0.05, 0) is 75.8 Å². The number of carbonyl (C=O) groups is 2. The Bertz CT molecular complexity index is 1520. The Hall–Kier alpha value is -3.98. The van der Waals surface area contributed by atoms with E-state index in [1.165, 1.54) is 12.1 Å². The van der Waals surface area contributed by atoms with Crippen LogP contribution in [-0.2, 0) is 9.53 Å². The number of nitrogens with one attached hydrogen (secondary N) is 3. The Morgan fingerprint density at radius 3 is 2.40 bits per heavy atom. The first-order chi connectivity index (χ1) is 20.1. The molecule has 1 aliphatic rings. The summed E-state index contributed by atoms with van der Waals surface area (Å²) in [4.78, 5) is 24.8. The van der Waals surface area contributed by atoms with E-state index in [1.54, 1.807) is 45.0 Å². The standard InChI is InChI=1S/C31H37F3N4O5/c1-18(2)14-23(27(39)38-30(17-35)10-11-30)37-26(31(32,33)34)19-6-8-21-22-16-20(7-9-24(22)42-25(21)15-19)41-13-12-36-28(40)43-29(3,4)5/h6-9,15-16,18,23,26,37H,10-14H2,1-5H3,(H,36,40)(H,38,39)/t23-,26?/m0/s1. The molecule has 232 valence electrons. The van der Waals surface area contributed by atoms with Crippen molar-refractivity contribution in [1.82, 2.24) is 16.0 Å². The number of ether oxygens (including phenoxy) is 2. The summed E-state index contributed by atoms with van der Waals surface area (Å²) < 4.78 is 60.0. The second-order valence-corrected chi connectivity index (χ2v) is 12.3. The largest absolute Gasteiger partial charge is 0.492 e. The third kappa shape index (κ3) is 8.32. The molecule has 0 saturated heterocycles. The molecular weight excluding hydrogens is 565 g/mol. The highest BCUT2D eigenvalue weighted by atomic mass is 19.4. The van der Waals surface area contributed by atoms with E-state index < -0.39 is 41.4 Å². The summed E-state index contributed by atoms with van der Waals surface area (Å²) in [7, 11) is 0. The van der Waals surface area contributed by atoms with Crippen LogP contribution in [0.4, 0.5) is 18.0 Å². The van der Waals surface area contributed by atoms with E-state index in [0.29, 0.717) is 34.9 Å². The molecule has 1 heterocycles. The third-order valence-corrected chi connectivity index (χ3v) is 6.88. The molecule has 9 nitrogen and oxygen atoms in total. The van der Waals surface area contributed by atoms with Gasteiger partial charge in [0.15, 0.2) is 0 Å². The maximum absolute atomic E-state index is 14.4. The van der Waals surface area contributed by atoms with Gasteiger partial charge < -0.3 is 24.5 Å². The predicted molar refractivity (Wildman–Crippen MR) is 154 cm³/mol. The van der Waals surface area contributed by atoms with Crippen LogP contribution in [0.15, 0.2) is 40.8 Å². The van der Waals surface area contributed by atoms with Crippen molar-refractivity contribution in [2.24, 2.45) is 5.92 Å². The molecule has 43 heavy (non-hydrogen) atoms. The summed E-state index contributed by atoms with van der Waals surface area (Å²) in [6.45, 7) is 9.31. The van der Waals surface area contributed by atoms with E-state index in [1.807, 2.05) is 19.9 Å². The molecule has 2 atom stereocenters. The van der Waals surface area contributed by atoms with Gasteiger partial charge in [-0.3, -0.25) is 10.1 Å². The van der Waals surface area contributed by atoms with Gasteiger partial charge in [0.1, 0.15) is 40.7 Å². The van der Waals surface area contributed by atoms with Crippen LogP contribution in [0.1, 0.15) is 65.5 Å². The van der Waals surface area contributed by atoms with E-state index in [-0.39, 0.29) is 36.6 Å². The van der Waals surface area contributed by atoms with Gasteiger partial charge in [-0.2, -0.15) is 18.4 Å². The number of nitriles is 1. The summed E-state index contributed by atoms with van der Waals surface area (Å²) in [6, 6.07) is 8.04. The zero-order valence-corrected chi connectivity index (χ0v) is 24.9. The lowest BCUT2D eigenvalue weighted by atomic mass is 9.98. The SMILES string of the molecule is CC(C)C[C@H](NC(c1ccc2c(c1)oc1ccc(OCCNC(=O)OC(C)(C)C)cc12)C(F)(F)F)C(=O)NC1(C#N)CC1. The molecule has 1 aliphatic carbocycles. The average molecular weight is 603 g/mol. The van der Waals surface area contributed by atoms with E-state index in [0.717, 1.165) is 0 Å². The molecule has 2 amide bonds. The third-order valence-electron chi connectivity index (χ3n) is 6.88. The predicted octanol–water partition coefficient (Wildman–Crippen LogP) is 6.27. The number of alkyl carbamates (subject to hydrolysis) is 1. The Labute approximate surface area is 248 Å². The number of alkyl halides is 3. The summed E-state index contributed by atoms with van der Waals surface area (Å²) >= 11 is 0. The van der Waals surface area contributed by atoms with Gasteiger partial charge in [-0.15, -0.1) is 0 Å². The van der Waals surface area contributed by atoms with E-state index in [2.05, 4.69) is 16.0 Å². The minimum atomic E-state index is -4.71. The molecule has 0 spiro atoms. The van der Waals surface area contributed by atoms with Crippen LogP contribution in [0.25, 0.3) is 21.9 Å². The number of carbonyl (C=O) groups excluding carboxylic acids is 2. The van der Waals surface area contributed by atoms with Gasteiger partial charge >= 0.3 is 12.3 Å². The molecule has 3 N–H and O–H groups in total. The number of benzene rings is 2. The molecule has 0 radical (unpaired) electrons. The van der Waals surface area contributed by atoms with Crippen LogP contribution >= 0.6 is 0 Å². The van der Waals surface area contributed by atoms with Crippen molar-refractivity contribution in [3.8, 4) is 11.8 Å². The smallest absolute Gasteiger partial charge is 0.407 e. The number of furan rings is 1. The zero-order chi connectivity index (χ0) is 31.6. The first-order valence-corrected chi connectivity index (χ1v) is 14.2. The Balaban J connectivity index is 1.52. The van der Waals surface area contributed by atoms with Crippen LogP contribution in [0.5, 0.6) is 5.75 Å². The van der Waals surface area contributed by atoms with Crippen LogP contribution in [0.2, 0.25) is 0 Å². The van der Waals surface area contributed by atoms with Gasteiger partial charge in [-0.1, -0.05) is 26.0 Å². The molecule has 0 aliphatic heterocycles. The maximum atomic E-state index is 14.4. The fourth-order valence-corrected chi connectivity index (χ4v) is 4.69. The normalized spacial score (nSPS) is 16.0. The first kappa shape index (κ1) is 31.9. The molecular formula is C31H37F3N4O5. The van der Waals surface area contributed by atoms with E-state index in [4.69, 9.17) is 13.9 Å². The van der Waals surface area contributed by atoms with Crippen molar-refractivity contribution in [2.45, 2.75) is 83.3 Å². The molecule has 1 fully saturated rings. The summed E-state index contributed by atoms with van der Waals surface area (Å²) in [5.74, 6) is -0.203. The van der Waals surface area contributed by atoms with Crippen LogP contribution < -0.4 is 20.7 Å². The molecule has 4 rings (SSSR count).